The molecule has 2 aliphatic heterocycles. The fraction of sp³-hybridized carbons (Fsp3) is 0.375. The first-order valence-corrected chi connectivity index (χ1v) is 11.1. The number of carbonyl (C=O) groups is 1. The molecule has 1 N–H and O–H groups in total. The number of aromatic nitrogens is 2. The minimum absolute atomic E-state index is 0.115. The smallest absolute Gasteiger partial charge is 0.407 e. The summed E-state index contributed by atoms with van der Waals surface area (Å²) in [7, 11) is 0. The molecule has 0 unspecified atom stereocenters. The Hall–Kier alpha value is -3.39. The van der Waals surface area contributed by atoms with E-state index in [4.69, 9.17) is 0 Å². The van der Waals surface area contributed by atoms with Crippen molar-refractivity contribution in [3.05, 3.63) is 70.4 Å². The van der Waals surface area contributed by atoms with Crippen LogP contribution in [0.3, 0.4) is 0 Å². The van der Waals surface area contributed by atoms with Crippen molar-refractivity contribution in [1.29, 1.82) is 0 Å². The normalized spacial score (nSPS) is 16.9. The quantitative estimate of drug-likeness (QED) is 0.680. The van der Waals surface area contributed by atoms with E-state index in [-0.39, 0.29) is 12.1 Å². The van der Waals surface area contributed by atoms with Crippen LogP contribution in [-0.2, 0) is 19.5 Å². The van der Waals surface area contributed by atoms with Gasteiger partial charge in [0.05, 0.1) is 24.1 Å². The number of hydrogen-bond acceptors (Lipinski definition) is 5. The summed E-state index contributed by atoms with van der Waals surface area (Å²) in [6, 6.07) is 14.9. The van der Waals surface area contributed by atoms with Gasteiger partial charge in [0, 0.05) is 63.3 Å². The monoisotopic (exact) mass is 433 g/mol. The number of anilines is 1. The number of piperazine rings is 1. The third-order valence-corrected chi connectivity index (χ3v) is 6.60. The summed E-state index contributed by atoms with van der Waals surface area (Å²) in [4.78, 5) is 34.7. The van der Waals surface area contributed by atoms with E-state index in [1.165, 1.54) is 21.4 Å². The van der Waals surface area contributed by atoms with Crippen molar-refractivity contribution in [2.45, 2.75) is 19.5 Å². The van der Waals surface area contributed by atoms with Gasteiger partial charge in [-0.3, -0.25) is 14.3 Å². The summed E-state index contributed by atoms with van der Waals surface area (Å²) in [5.74, 6) is 0. The van der Waals surface area contributed by atoms with Gasteiger partial charge in [-0.2, -0.15) is 0 Å². The number of fused-ring (bicyclic) bond motifs is 2. The van der Waals surface area contributed by atoms with Crippen LogP contribution in [0.4, 0.5) is 10.5 Å². The number of benzene rings is 2. The summed E-state index contributed by atoms with van der Waals surface area (Å²) in [5.41, 5.74) is 2.41. The van der Waals surface area contributed by atoms with E-state index in [2.05, 4.69) is 57.2 Å². The third-order valence-electron chi connectivity index (χ3n) is 6.60. The molecule has 8 nitrogen and oxygen atoms in total. The van der Waals surface area contributed by atoms with E-state index in [0.29, 0.717) is 25.1 Å². The van der Waals surface area contributed by atoms with Crippen LogP contribution in [0.2, 0.25) is 0 Å². The Morgan fingerprint density at radius 2 is 1.75 bits per heavy atom. The van der Waals surface area contributed by atoms with Crippen LogP contribution in [0, 0.1) is 0 Å². The molecule has 32 heavy (non-hydrogen) atoms. The van der Waals surface area contributed by atoms with E-state index in [9.17, 15) is 14.7 Å². The molecular weight excluding hydrogens is 406 g/mol. The van der Waals surface area contributed by atoms with Gasteiger partial charge in [-0.05, 0) is 11.5 Å². The molecular formula is C24H27N5O3. The van der Waals surface area contributed by atoms with Gasteiger partial charge < -0.3 is 14.9 Å². The molecule has 2 aromatic carbocycles. The van der Waals surface area contributed by atoms with Crippen molar-refractivity contribution in [3.8, 4) is 0 Å². The zero-order valence-corrected chi connectivity index (χ0v) is 18.0. The van der Waals surface area contributed by atoms with E-state index >= 15 is 0 Å². The van der Waals surface area contributed by atoms with Crippen LogP contribution in [0.25, 0.3) is 10.8 Å². The lowest BCUT2D eigenvalue weighted by Crippen LogP contribution is -2.48. The number of amides is 1. The second kappa shape index (κ2) is 8.63. The van der Waals surface area contributed by atoms with Gasteiger partial charge >= 0.3 is 6.09 Å². The van der Waals surface area contributed by atoms with Crippen molar-refractivity contribution in [2.75, 3.05) is 44.2 Å². The number of rotatable bonds is 4. The predicted octanol–water partition coefficient (Wildman–Crippen LogP) is 2.25. The fourth-order valence-corrected chi connectivity index (χ4v) is 4.72. The number of carboxylic acid groups (broad SMARTS) is 1. The largest absolute Gasteiger partial charge is 0.465 e. The van der Waals surface area contributed by atoms with Gasteiger partial charge in [0.1, 0.15) is 0 Å². The van der Waals surface area contributed by atoms with Gasteiger partial charge in [-0.15, -0.1) is 0 Å². The fourth-order valence-electron chi connectivity index (χ4n) is 4.72. The molecule has 0 saturated carbocycles. The lowest BCUT2D eigenvalue weighted by atomic mass is 10.1. The highest BCUT2D eigenvalue weighted by molar-refractivity contribution is 5.94. The molecule has 1 fully saturated rings. The van der Waals surface area contributed by atoms with Gasteiger partial charge in [0.25, 0.3) is 5.56 Å². The SMILES string of the molecule is O=C(O)N1CCc2ncn(CCN3CCN(c4cccc5ccccc45)CC3)c(=O)c2C1. The summed E-state index contributed by atoms with van der Waals surface area (Å²) >= 11 is 0. The van der Waals surface area contributed by atoms with Crippen LogP contribution in [0.15, 0.2) is 53.6 Å². The molecule has 3 aromatic rings. The first kappa shape index (κ1) is 20.5. The molecule has 0 spiro atoms. The molecule has 1 saturated heterocycles. The van der Waals surface area contributed by atoms with Crippen LogP contribution < -0.4 is 10.5 Å². The van der Waals surface area contributed by atoms with Crippen molar-refractivity contribution >= 4 is 22.6 Å². The summed E-state index contributed by atoms with van der Waals surface area (Å²) < 4.78 is 1.63. The molecule has 3 heterocycles. The minimum atomic E-state index is -0.991. The maximum Gasteiger partial charge on any atom is 0.407 e. The number of nitrogens with zero attached hydrogens (tertiary/aromatic N) is 5. The highest BCUT2D eigenvalue weighted by Gasteiger charge is 2.24. The molecule has 8 heteroatoms. The standard InChI is InChI=1S/C24H27N5O3/c30-23-20-16-28(24(31)32)9-8-21(20)25-17-29(23)15-12-26-10-13-27(14-11-26)22-7-3-5-18-4-1-2-6-19(18)22/h1-7,17H,8-16H2,(H,31,32). The average molecular weight is 434 g/mol. The number of hydrogen-bond donors (Lipinski definition) is 1. The molecule has 5 rings (SSSR count). The van der Waals surface area contributed by atoms with Crippen molar-refractivity contribution in [1.82, 2.24) is 19.4 Å². The molecule has 166 valence electrons. The van der Waals surface area contributed by atoms with Crippen LogP contribution in [0.5, 0.6) is 0 Å². The first-order valence-electron chi connectivity index (χ1n) is 11.1. The van der Waals surface area contributed by atoms with Crippen molar-refractivity contribution < 1.29 is 9.90 Å². The maximum atomic E-state index is 12.9. The van der Waals surface area contributed by atoms with E-state index in [1.54, 1.807) is 10.9 Å². The second-order valence-corrected chi connectivity index (χ2v) is 8.45. The Kier molecular flexibility index (Phi) is 5.53. The zero-order valence-electron chi connectivity index (χ0n) is 18.0. The topological polar surface area (TPSA) is 81.9 Å². The average Bonchev–Trinajstić information content (AvgIpc) is 2.83. The molecule has 1 aromatic heterocycles. The Bertz CT molecular complexity index is 1190. The van der Waals surface area contributed by atoms with Crippen molar-refractivity contribution in [2.24, 2.45) is 0 Å². The lowest BCUT2D eigenvalue weighted by Gasteiger charge is -2.36. The van der Waals surface area contributed by atoms with Crippen LogP contribution >= 0.6 is 0 Å². The maximum absolute atomic E-state index is 12.9. The van der Waals surface area contributed by atoms with Gasteiger partial charge in [0.2, 0.25) is 0 Å². The molecule has 1 amide bonds. The van der Waals surface area contributed by atoms with E-state index in [1.807, 2.05) is 0 Å². The molecule has 2 aliphatic rings. The van der Waals surface area contributed by atoms with Crippen LogP contribution in [0.1, 0.15) is 11.3 Å². The lowest BCUT2D eigenvalue weighted by molar-refractivity contribution is 0.139. The van der Waals surface area contributed by atoms with E-state index in [0.717, 1.165) is 38.4 Å². The summed E-state index contributed by atoms with van der Waals surface area (Å²) in [6.07, 6.45) is 1.12. The highest BCUT2D eigenvalue weighted by Crippen LogP contribution is 2.27. The second-order valence-electron chi connectivity index (χ2n) is 8.45. The third kappa shape index (κ3) is 3.93. The Labute approximate surface area is 186 Å². The first-order chi connectivity index (χ1) is 15.6. The van der Waals surface area contributed by atoms with Crippen molar-refractivity contribution in [3.63, 3.8) is 0 Å². The zero-order chi connectivity index (χ0) is 22.1. The molecule has 0 bridgehead atoms. The van der Waals surface area contributed by atoms with Gasteiger partial charge in [-0.25, -0.2) is 9.78 Å². The highest BCUT2D eigenvalue weighted by atomic mass is 16.4. The Morgan fingerprint density at radius 1 is 0.969 bits per heavy atom. The van der Waals surface area contributed by atoms with E-state index < -0.39 is 6.09 Å². The Balaban J connectivity index is 1.22. The summed E-state index contributed by atoms with van der Waals surface area (Å²) in [6.45, 7) is 5.59. The van der Waals surface area contributed by atoms with Gasteiger partial charge in [0.15, 0.2) is 0 Å². The molecule has 0 atom stereocenters. The van der Waals surface area contributed by atoms with Gasteiger partial charge in [-0.1, -0.05) is 36.4 Å². The predicted molar refractivity (Wildman–Crippen MR) is 123 cm³/mol. The molecule has 0 aliphatic carbocycles. The minimum Gasteiger partial charge on any atom is -0.465 e. The Morgan fingerprint density at radius 3 is 2.56 bits per heavy atom. The van der Waals surface area contributed by atoms with Crippen LogP contribution in [-0.4, -0.2) is 69.8 Å². The summed E-state index contributed by atoms with van der Waals surface area (Å²) in [5, 5.41) is 11.8. The molecule has 0 radical (unpaired) electrons.